The first-order valence-electron chi connectivity index (χ1n) is 7.91. The fourth-order valence-electron chi connectivity index (χ4n) is 2.69. The summed E-state index contributed by atoms with van der Waals surface area (Å²) in [5, 5.41) is 3.15. The van der Waals surface area contributed by atoms with E-state index in [1.54, 1.807) is 0 Å². The number of carbonyl (C=O) groups excluding carboxylic acids is 1. The molecule has 1 aliphatic rings. The summed E-state index contributed by atoms with van der Waals surface area (Å²) < 4.78 is 5.94. The Kier molecular flexibility index (Phi) is 6.02. The number of ether oxygens (including phenoxy) is 1. The summed E-state index contributed by atoms with van der Waals surface area (Å²) >= 11 is 0. The van der Waals surface area contributed by atoms with Crippen LogP contribution in [0, 0.1) is 5.41 Å². The van der Waals surface area contributed by atoms with Gasteiger partial charge in [0.15, 0.2) is 0 Å². The minimum atomic E-state index is -0.107. The van der Waals surface area contributed by atoms with Crippen LogP contribution in [0.4, 0.5) is 0 Å². The molecule has 0 spiro atoms. The first-order chi connectivity index (χ1) is 9.22. The molecule has 0 aromatic carbocycles. The van der Waals surface area contributed by atoms with Crippen molar-refractivity contribution in [2.45, 2.75) is 84.4 Å². The third-order valence-electron chi connectivity index (χ3n) is 4.66. The molecule has 0 bridgehead atoms. The summed E-state index contributed by atoms with van der Waals surface area (Å²) in [4.78, 5) is 12.1. The molecule has 1 heterocycles. The Morgan fingerprint density at radius 2 is 2.00 bits per heavy atom. The van der Waals surface area contributed by atoms with Gasteiger partial charge in [0.25, 0.3) is 0 Å². The summed E-state index contributed by atoms with van der Waals surface area (Å²) in [6.07, 6.45) is 4.20. The van der Waals surface area contributed by atoms with E-state index < -0.39 is 0 Å². The molecule has 1 aliphatic heterocycles. The number of nitrogens with two attached hydrogens (primary N) is 1. The summed E-state index contributed by atoms with van der Waals surface area (Å²) in [5.41, 5.74) is 5.99. The van der Waals surface area contributed by atoms with E-state index in [2.05, 4.69) is 39.9 Å². The molecule has 1 rings (SSSR count). The van der Waals surface area contributed by atoms with Crippen LogP contribution >= 0.6 is 0 Å². The van der Waals surface area contributed by atoms with Gasteiger partial charge < -0.3 is 15.8 Å². The first-order valence-corrected chi connectivity index (χ1v) is 7.91. The highest BCUT2D eigenvalue weighted by molar-refractivity contribution is 5.77. The number of carbonyl (C=O) groups is 1. The van der Waals surface area contributed by atoms with Crippen LogP contribution in [0.25, 0.3) is 0 Å². The van der Waals surface area contributed by atoms with Gasteiger partial charge in [-0.25, -0.2) is 0 Å². The highest BCUT2D eigenvalue weighted by atomic mass is 16.5. The molecule has 3 N–H and O–H groups in total. The Balaban J connectivity index is 2.50. The molecule has 4 nitrogen and oxygen atoms in total. The van der Waals surface area contributed by atoms with Gasteiger partial charge in [0.05, 0.1) is 5.60 Å². The van der Waals surface area contributed by atoms with Gasteiger partial charge in [-0.1, -0.05) is 34.6 Å². The van der Waals surface area contributed by atoms with Gasteiger partial charge in [0, 0.05) is 25.1 Å². The van der Waals surface area contributed by atoms with E-state index in [1.165, 1.54) is 0 Å². The average Bonchev–Trinajstić information content (AvgIpc) is 2.37. The maximum atomic E-state index is 12.1. The van der Waals surface area contributed by atoms with E-state index in [4.69, 9.17) is 10.5 Å². The second-order valence-electron chi connectivity index (χ2n) is 7.17. The zero-order valence-corrected chi connectivity index (χ0v) is 13.8. The maximum Gasteiger partial charge on any atom is 0.221 e. The van der Waals surface area contributed by atoms with Crippen LogP contribution in [0.5, 0.6) is 0 Å². The monoisotopic (exact) mass is 284 g/mol. The highest BCUT2D eigenvalue weighted by Crippen LogP contribution is 2.31. The lowest BCUT2D eigenvalue weighted by Crippen LogP contribution is -2.49. The molecule has 0 saturated carbocycles. The van der Waals surface area contributed by atoms with Gasteiger partial charge in [0.1, 0.15) is 0 Å². The van der Waals surface area contributed by atoms with Crippen molar-refractivity contribution < 1.29 is 9.53 Å². The van der Waals surface area contributed by atoms with E-state index in [0.717, 1.165) is 32.3 Å². The van der Waals surface area contributed by atoms with Gasteiger partial charge in [0.2, 0.25) is 5.91 Å². The van der Waals surface area contributed by atoms with Crippen LogP contribution in [0.15, 0.2) is 0 Å². The molecular weight excluding hydrogens is 252 g/mol. The molecular formula is C16H32N2O2. The van der Waals surface area contributed by atoms with Crippen molar-refractivity contribution in [2.75, 3.05) is 6.61 Å². The van der Waals surface area contributed by atoms with Gasteiger partial charge in [-0.2, -0.15) is 0 Å². The lowest BCUT2D eigenvalue weighted by Gasteiger charge is -2.40. The standard InChI is InChI=1S/C16H32N2O2/c1-6-16(7-2)11-12(8-9-20-16)18-14(19)10-13(17)15(3,4)5/h12-13H,6-11,17H2,1-5H3,(H,18,19). The minimum absolute atomic E-state index is 0.0381. The van der Waals surface area contributed by atoms with Crippen molar-refractivity contribution in [3.8, 4) is 0 Å². The zero-order valence-electron chi connectivity index (χ0n) is 13.8. The summed E-state index contributed by atoms with van der Waals surface area (Å²) in [7, 11) is 0. The number of rotatable bonds is 5. The first kappa shape index (κ1) is 17.4. The zero-order chi connectivity index (χ0) is 15.4. The quantitative estimate of drug-likeness (QED) is 0.815. The van der Waals surface area contributed by atoms with Crippen LogP contribution < -0.4 is 11.1 Å². The molecule has 1 fully saturated rings. The SMILES string of the molecule is CCC1(CC)CC(NC(=O)CC(N)C(C)(C)C)CCO1. The fourth-order valence-corrected chi connectivity index (χ4v) is 2.69. The molecule has 0 radical (unpaired) electrons. The molecule has 0 aliphatic carbocycles. The van der Waals surface area contributed by atoms with Gasteiger partial charge in [-0.15, -0.1) is 0 Å². The van der Waals surface area contributed by atoms with Crippen molar-refractivity contribution >= 4 is 5.91 Å². The van der Waals surface area contributed by atoms with Crippen molar-refractivity contribution in [2.24, 2.45) is 11.1 Å². The van der Waals surface area contributed by atoms with Crippen molar-refractivity contribution in [1.29, 1.82) is 0 Å². The number of hydrogen-bond acceptors (Lipinski definition) is 3. The Morgan fingerprint density at radius 3 is 2.50 bits per heavy atom. The molecule has 2 atom stereocenters. The van der Waals surface area contributed by atoms with Crippen LogP contribution in [0.2, 0.25) is 0 Å². The molecule has 0 aromatic heterocycles. The Labute approximate surface area is 123 Å². The Bertz CT molecular complexity index is 319. The third kappa shape index (κ3) is 4.74. The van der Waals surface area contributed by atoms with Crippen molar-refractivity contribution in [3.63, 3.8) is 0 Å². The second kappa shape index (κ2) is 6.90. The molecule has 1 saturated heterocycles. The van der Waals surface area contributed by atoms with E-state index in [9.17, 15) is 4.79 Å². The van der Waals surface area contributed by atoms with E-state index in [-0.39, 0.29) is 29.0 Å². The minimum Gasteiger partial charge on any atom is -0.375 e. The van der Waals surface area contributed by atoms with Crippen molar-refractivity contribution in [3.05, 3.63) is 0 Å². The number of hydrogen-bond donors (Lipinski definition) is 2. The smallest absolute Gasteiger partial charge is 0.221 e. The van der Waals surface area contributed by atoms with Crippen molar-refractivity contribution in [1.82, 2.24) is 5.32 Å². The maximum absolute atomic E-state index is 12.1. The second-order valence-corrected chi connectivity index (χ2v) is 7.17. The average molecular weight is 284 g/mol. The lowest BCUT2D eigenvalue weighted by atomic mass is 9.84. The molecule has 0 aromatic rings. The van der Waals surface area contributed by atoms with Crippen LogP contribution in [-0.2, 0) is 9.53 Å². The normalized spacial score (nSPS) is 24.2. The lowest BCUT2D eigenvalue weighted by molar-refractivity contribution is -0.126. The Morgan fingerprint density at radius 1 is 1.40 bits per heavy atom. The highest BCUT2D eigenvalue weighted by Gasteiger charge is 2.35. The molecule has 118 valence electrons. The van der Waals surface area contributed by atoms with E-state index in [0.29, 0.717) is 6.42 Å². The molecule has 20 heavy (non-hydrogen) atoms. The number of nitrogens with one attached hydrogen (secondary N) is 1. The summed E-state index contributed by atoms with van der Waals surface area (Å²) in [5.74, 6) is 0.0698. The van der Waals surface area contributed by atoms with E-state index >= 15 is 0 Å². The van der Waals surface area contributed by atoms with E-state index in [1.807, 2.05) is 0 Å². The van der Waals surface area contributed by atoms with Gasteiger partial charge in [-0.05, 0) is 31.1 Å². The van der Waals surface area contributed by atoms with Crippen LogP contribution in [0.1, 0.15) is 66.7 Å². The predicted octanol–water partition coefficient (Wildman–Crippen LogP) is 2.60. The third-order valence-corrected chi connectivity index (χ3v) is 4.66. The fraction of sp³-hybridized carbons (Fsp3) is 0.938. The molecule has 1 amide bonds. The molecule has 2 unspecified atom stereocenters. The predicted molar refractivity (Wildman–Crippen MR) is 82.5 cm³/mol. The van der Waals surface area contributed by atoms with Gasteiger partial charge in [-0.3, -0.25) is 4.79 Å². The topological polar surface area (TPSA) is 64.4 Å². The Hall–Kier alpha value is -0.610. The summed E-state index contributed by atoms with van der Waals surface area (Å²) in [6, 6.07) is 0.118. The van der Waals surface area contributed by atoms with Gasteiger partial charge >= 0.3 is 0 Å². The van der Waals surface area contributed by atoms with Crippen LogP contribution in [-0.4, -0.2) is 30.2 Å². The molecule has 4 heteroatoms. The largest absolute Gasteiger partial charge is 0.375 e. The van der Waals surface area contributed by atoms with Crippen LogP contribution in [0.3, 0.4) is 0 Å². The summed E-state index contributed by atoms with van der Waals surface area (Å²) in [6.45, 7) is 11.3. The number of amides is 1.